The maximum absolute atomic E-state index is 13.5. The van der Waals surface area contributed by atoms with Crippen LogP contribution in [-0.2, 0) is 24.2 Å². The average molecular weight is 567 g/mol. The topological polar surface area (TPSA) is 61.6 Å². The third-order valence-corrected chi connectivity index (χ3v) is 7.94. The Labute approximate surface area is 266 Å². The van der Waals surface area contributed by atoms with Crippen LogP contribution in [0.5, 0.6) is 0 Å². The third-order valence-electron chi connectivity index (χ3n) is 7.94. The Kier molecular flexibility index (Phi) is 10.6. The number of carboxylic acids is 1. The molecule has 3 aromatic carbocycles. The first-order valence-corrected chi connectivity index (χ1v) is 14.3. The molecule has 0 radical (unpaired) electrons. The van der Waals surface area contributed by atoms with Gasteiger partial charge in [-0.15, -0.1) is 0 Å². The van der Waals surface area contributed by atoms with Crippen LogP contribution >= 0.6 is 0 Å². The van der Waals surface area contributed by atoms with Crippen LogP contribution in [0.1, 0.15) is 44.8 Å². The van der Waals surface area contributed by atoms with E-state index in [0.717, 1.165) is 80.1 Å². The number of aliphatic carboxylic acids is 1. The Morgan fingerprint density at radius 3 is 2.17 bits per heavy atom. The first-order chi connectivity index (χ1) is 19.3. The van der Waals surface area contributed by atoms with Gasteiger partial charge >= 0.3 is 35.5 Å². The van der Waals surface area contributed by atoms with Crippen LogP contribution in [0.3, 0.4) is 0 Å². The molecule has 0 atom stereocenters. The van der Waals surface area contributed by atoms with Gasteiger partial charge in [-0.25, -0.2) is 9.37 Å². The molecule has 1 aliphatic rings. The first kappa shape index (κ1) is 31.2. The van der Waals surface area contributed by atoms with Crippen molar-refractivity contribution in [3.63, 3.8) is 0 Å². The Bertz CT molecular complexity index is 1430. The van der Waals surface area contributed by atoms with Crippen LogP contribution in [0.15, 0.2) is 72.8 Å². The molecule has 6 nitrogen and oxygen atoms in total. The van der Waals surface area contributed by atoms with Crippen molar-refractivity contribution in [2.75, 3.05) is 37.6 Å². The fourth-order valence-corrected chi connectivity index (χ4v) is 5.55. The quantitative estimate of drug-likeness (QED) is 0.316. The van der Waals surface area contributed by atoms with Gasteiger partial charge in [0.05, 0.1) is 23.0 Å². The molecule has 1 saturated heterocycles. The fourth-order valence-electron chi connectivity index (χ4n) is 5.55. The second-order valence-corrected chi connectivity index (χ2v) is 11.6. The van der Waals surface area contributed by atoms with E-state index in [0.29, 0.717) is 13.0 Å². The molecule has 2 heterocycles. The summed E-state index contributed by atoms with van der Waals surface area (Å²) >= 11 is 0. The number of rotatable bonds is 9. The number of benzene rings is 3. The number of para-hydroxylation sites is 2. The van der Waals surface area contributed by atoms with E-state index in [1.807, 2.05) is 24.3 Å². The number of fused-ring (bicyclic) bond motifs is 1. The molecule has 212 valence electrons. The van der Waals surface area contributed by atoms with Crippen molar-refractivity contribution in [3.8, 4) is 0 Å². The van der Waals surface area contributed by atoms with E-state index in [-0.39, 0.29) is 36.8 Å². The van der Waals surface area contributed by atoms with Crippen molar-refractivity contribution in [1.82, 2.24) is 14.5 Å². The number of nitrogens with zero attached hydrogens (tertiary/aromatic N) is 4. The average Bonchev–Trinajstić information content (AvgIpc) is 3.28. The van der Waals surface area contributed by atoms with E-state index in [9.17, 15) is 14.3 Å². The summed E-state index contributed by atoms with van der Waals surface area (Å²) < 4.78 is 15.8. The summed E-state index contributed by atoms with van der Waals surface area (Å²) in [4.78, 5) is 21.4. The number of hydrogen-bond donors (Lipinski definition) is 1. The van der Waals surface area contributed by atoms with Gasteiger partial charge in [-0.3, -0.25) is 4.79 Å². The van der Waals surface area contributed by atoms with E-state index in [4.69, 9.17) is 4.98 Å². The number of imidazole rings is 1. The van der Waals surface area contributed by atoms with Crippen molar-refractivity contribution in [2.24, 2.45) is 5.41 Å². The summed E-state index contributed by atoms with van der Waals surface area (Å²) in [7, 11) is 0. The summed E-state index contributed by atoms with van der Waals surface area (Å²) in [5, 5.41) is 9.40. The molecule has 1 N–H and O–H groups in total. The number of carbonyl (C=O) groups is 1. The SMILES string of the molecule is CC(C)(Cc1ccc(CCN2CCCN(c3nc4ccccc4n3Cc3ccc(F)cc3)CCC2)cc1)C(=O)O.[H-].[Na+]. The van der Waals surface area contributed by atoms with Crippen molar-refractivity contribution in [3.05, 3.63) is 95.3 Å². The Balaban J connectivity index is 0.00000242. The molecule has 1 aliphatic heterocycles. The van der Waals surface area contributed by atoms with Crippen LogP contribution < -0.4 is 34.5 Å². The minimum atomic E-state index is -0.766. The van der Waals surface area contributed by atoms with Crippen LogP contribution in [0, 0.1) is 11.2 Å². The summed E-state index contributed by atoms with van der Waals surface area (Å²) in [6.07, 6.45) is 3.63. The zero-order valence-corrected chi connectivity index (χ0v) is 26.5. The Morgan fingerprint density at radius 1 is 0.902 bits per heavy atom. The Hall–Kier alpha value is -2.71. The summed E-state index contributed by atoms with van der Waals surface area (Å²) in [6.45, 7) is 9.18. The van der Waals surface area contributed by atoms with Gasteiger partial charge < -0.3 is 20.9 Å². The van der Waals surface area contributed by atoms with Crippen molar-refractivity contribution in [2.45, 2.75) is 46.1 Å². The van der Waals surface area contributed by atoms with Crippen LogP contribution in [0.2, 0.25) is 0 Å². The number of halogens is 1. The molecule has 0 unspecified atom stereocenters. The second-order valence-electron chi connectivity index (χ2n) is 11.6. The number of anilines is 1. The molecule has 8 heteroatoms. The summed E-state index contributed by atoms with van der Waals surface area (Å²) in [5.41, 5.74) is 4.74. The van der Waals surface area contributed by atoms with Crippen molar-refractivity contribution in [1.29, 1.82) is 0 Å². The maximum Gasteiger partial charge on any atom is 1.00 e. The normalized spacial score (nSPS) is 14.9. The Morgan fingerprint density at radius 2 is 1.51 bits per heavy atom. The molecule has 0 saturated carbocycles. The summed E-state index contributed by atoms with van der Waals surface area (Å²) in [6, 6.07) is 23.4. The van der Waals surface area contributed by atoms with E-state index in [1.54, 1.807) is 13.8 Å². The van der Waals surface area contributed by atoms with Crippen LogP contribution in [0.25, 0.3) is 11.0 Å². The summed E-state index contributed by atoms with van der Waals surface area (Å²) in [5.74, 6) is 0.00655. The molecular formula is C33H40FN4NaO2. The first-order valence-electron chi connectivity index (χ1n) is 14.3. The molecule has 5 rings (SSSR count). The van der Waals surface area contributed by atoms with E-state index in [2.05, 4.69) is 50.8 Å². The minimum absolute atomic E-state index is 0. The molecular weight excluding hydrogens is 526 g/mol. The van der Waals surface area contributed by atoms with Crippen LogP contribution in [0.4, 0.5) is 10.3 Å². The van der Waals surface area contributed by atoms with Gasteiger partial charge in [0.2, 0.25) is 5.95 Å². The van der Waals surface area contributed by atoms with E-state index >= 15 is 0 Å². The predicted octanol–water partition coefficient (Wildman–Crippen LogP) is 3.14. The van der Waals surface area contributed by atoms with Gasteiger partial charge in [0.1, 0.15) is 5.82 Å². The second kappa shape index (κ2) is 14.0. The molecule has 0 spiro atoms. The number of carboxylic acid groups (broad SMARTS) is 1. The molecule has 0 amide bonds. The predicted molar refractivity (Wildman–Crippen MR) is 160 cm³/mol. The molecule has 1 fully saturated rings. The third kappa shape index (κ3) is 7.98. The van der Waals surface area contributed by atoms with Gasteiger partial charge in [0.15, 0.2) is 0 Å². The molecule has 0 bridgehead atoms. The van der Waals surface area contributed by atoms with Gasteiger partial charge in [0, 0.05) is 19.6 Å². The fraction of sp³-hybridized carbons (Fsp3) is 0.394. The zero-order chi connectivity index (χ0) is 28.1. The zero-order valence-electron chi connectivity index (χ0n) is 25.5. The minimum Gasteiger partial charge on any atom is -1.00 e. The molecule has 41 heavy (non-hydrogen) atoms. The van der Waals surface area contributed by atoms with Crippen LogP contribution in [-0.4, -0.2) is 58.3 Å². The standard InChI is InChI=1S/C33H39FN4O2.Na.H/c1-33(2,31(39)40)23-26-11-9-25(10-12-26)17-22-36-18-5-20-37(21-6-19-36)32-35-29-7-3-4-8-30(29)38(32)24-27-13-15-28(34)16-14-27;;/h3-4,7-16H,5-6,17-24H2,1-2H3,(H,39,40);;/q;+1;-1. The van der Waals surface area contributed by atoms with Gasteiger partial charge in [-0.1, -0.05) is 48.5 Å². The van der Waals surface area contributed by atoms with Gasteiger partial charge in [-0.2, -0.15) is 0 Å². The van der Waals surface area contributed by atoms with Crippen molar-refractivity contribution < 1.29 is 45.3 Å². The smallest absolute Gasteiger partial charge is 1.00 e. The van der Waals surface area contributed by atoms with Crippen molar-refractivity contribution >= 4 is 23.0 Å². The van der Waals surface area contributed by atoms with Gasteiger partial charge in [0.25, 0.3) is 0 Å². The molecule has 0 aliphatic carbocycles. The monoisotopic (exact) mass is 566 g/mol. The van der Waals surface area contributed by atoms with Gasteiger partial charge in [-0.05, 0) is 93.6 Å². The number of hydrogen-bond acceptors (Lipinski definition) is 4. The number of aromatic nitrogens is 2. The molecule has 4 aromatic rings. The maximum atomic E-state index is 13.5. The van der Waals surface area contributed by atoms with E-state index in [1.165, 1.54) is 17.7 Å². The molecule has 1 aromatic heterocycles. The largest absolute Gasteiger partial charge is 1.00 e. The van der Waals surface area contributed by atoms with E-state index < -0.39 is 11.4 Å².